The zero-order valence-corrected chi connectivity index (χ0v) is 21.6. The summed E-state index contributed by atoms with van der Waals surface area (Å²) < 4.78 is 55.7. The Morgan fingerprint density at radius 3 is 2.72 bits per heavy atom. The molecule has 2 fully saturated rings. The number of amides is 2. The number of alkyl halides is 3. The predicted molar refractivity (Wildman–Crippen MR) is 132 cm³/mol. The highest BCUT2D eigenvalue weighted by Crippen LogP contribution is 2.39. The normalized spacial score (nSPS) is 23.4. The molecule has 2 amide bonds. The summed E-state index contributed by atoms with van der Waals surface area (Å²) >= 11 is 0. The van der Waals surface area contributed by atoms with Crippen LogP contribution in [0.4, 0.5) is 35.4 Å². The van der Waals surface area contributed by atoms with Crippen LogP contribution in [0.2, 0.25) is 0 Å². The van der Waals surface area contributed by atoms with Gasteiger partial charge >= 0.3 is 12.2 Å². The molecule has 0 aromatic carbocycles. The Bertz CT molecular complexity index is 1200. The van der Waals surface area contributed by atoms with Gasteiger partial charge in [-0.2, -0.15) is 13.2 Å². The van der Waals surface area contributed by atoms with E-state index in [0.717, 1.165) is 6.92 Å². The number of carbonyl (C=O) groups excluding carboxylic acids is 1. The van der Waals surface area contributed by atoms with Crippen LogP contribution in [-0.4, -0.2) is 82.5 Å². The molecule has 0 aliphatic carbocycles. The topological polar surface area (TPSA) is 134 Å². The molecule has 3 aliphatic heterocycles. The van der Waals surface area contributed by atoms with Gasteiger partial charge in [0.2, 0.25) is 5.95 Å². The van der Waals surface area contributed by atoms with Crippen LogP contribution in [-0.2, 0) is 9.47 Å². The van der Waals surface area contributed by atoms with E-state index in [1.54, 1.807) is 6.07 Å². The van der Waals surface area contributed by atoms with Crippen molar-refractivity contribution in [1.82, 2.24) is 20.3 Å². The smallest absolute Gasteiger partial charge is 0.403 e. The molecule has 0 saturated carbocycles. The van der Waals surface area contributed by atoms with E-state index < -0.39 is 30.3 Å². The zero-order valence-electron chi connectivity index (χ0n) is 21.6. The summed E-state index contributed by atoms with van der Waals surface area (Å²) in [6.07, 6.45) is -2.94. The molecule has 4 atom stereocenters. The number of rotatable bonds is 7. The predicted octanol–water partition coefficient (Wildman–Crippen LogP) is 2.56. The number of ether oxygens (including phenoxy) is 3. The zero-order chi connectivity index (χ0) is 27.9. The Kier molecular flexibility index (Phi) is 7.26. The summed E-state index contributed by atoms with van der Waals surface area (Å²) in [5.41, 5.74) is 0.604. The van der Waals surface area contributed by atoms with E-state index in [1.807, 2.05) is 18.7 Å². The van der Waals surface area contributed by atoms with E-state index in [0.29, 0.717) is 37.6 Å². The quantitative estimate of drug-likeness (QED) is 0.439. The molecule has 12 nitrogen and oxygen atoms in total. The van der Waals surface area contributed by atoms with Gasteiger partial charge in [-0.15, -0.1) is 0 Å². The minimum absolute atomic E-state index is 0.0350. The second kappa shape index (κ2) is 10.4. The number of pyridine rings is 1. The van der Waals surface area contributed by atoms with Crippen LogP contribution in [0, 0.1) is 0 Å². The van der Waals surface area contributed by atoms with Crippen molar-refractivity contribution in [3.63, 3.8) is 0 Å². The monoisotopic (exact) mass is 553 g/mol. The fraction of sp³-hybridized carbons (Fsp3) is 0.583. The second-order valence-corrected chi connectivity index (χ2v) is 10.1. The first-order valence-corrected chi connectivity index (χ1v) is 12.5. The van der Waals surface area contributed by atoms with Crippen molar-refractivity contribution in [2.45, 2.75) is 63.6 Å². The van der Waals surface area contributed by atoms with E-state index in [-0.39, 0.29) is 36.2 Å². The van der Waals surface area contributed by atoms with Crippen molar-refractivity contribution >= 4 is 23.5 Å². The van der Waals surface area contributed by atoms with Crippen LogP contribution in [0.15, 0.2) is 24.5 Å². The second-order valence-electron chi connectivity index (χ2n) is 10.1. The lowest BCUT2D eigenvalue weighted by Gasteiger charge is -2.36. The van der Waals surface area contributed by atoms with E-state index in [2.05, 4.69) is 25.6 Å². The number of aliphatic hydroxyl groups is 1. The molecule has 3 N–H and O–H groups in total. The van der Waals surface area contributed by atoms with Gasteiger partial charge in [0.15, 0.2) is 17.4 Å². The molecule has 0 spiro atoms. The van der Waals surface area contributed by atoms with Crippen LogP contribution < -0.4 is 25.2 Å². The minimum atomic E-state index is -4.54. The summed E-state index contributed by atoms with van der Waals surface area (Å²) in [5.74, 6) is -0.000943. The van der Waals surface area contributed by atoms with E-state index in [1.165, 1.54) is 23.4 Å². The van der Waals surface area contributed by atoms with Crippen LogP contribution in [0.1, 0.15) is 39.1 Å². The van der Waals surface area contributed by atoms with Crippen LogP contribution in [0.3, 0.4) is 0 Å². The standard InChI is InChI=1S/C24H30F3N7O5/c1-13(24(25,26)27)30-20(35)17-4-5-18-19(31-17)34(14-6-7-33(18)10-14)22(36)32-21-28-8-15(9-29-21)37-11-16-12-38-23(2,3)39-16/h4-5,8-9,13-14,16,20,30,35H,6-7,10-12H2,1-3H3,(H,28,29,32,36)/t13-,14?,16-,20?/m1/s1. The van der Waals surface area contributed by atoms with Gasteiger partial charge in [-0.3, -0.25) is 15.5 Å². The first-order valence-electron chi connectivity index (χ1n) is 12.5. The summed E-state index contributed by atoms with van der Waals surface area (Å²) in [6, 6.07) is 0.358. The number of hydrogen-bond donors (Lipinski definition) is 3. The van der Waals surface area contributed by atoms with Crippen LogP contribution in [0.5, 0.6) is 5.75 Å². The van der Waals surface area contributed by atoms with Gasteiger partial charge in [0.05, 0.1) is 36.4 Å². The maximum atomic E-state index is 13.3. The molecule has 2 aromatic rings. The highest BCUT2D eigenvalue weighted by Gasteiger charge is 2.41. The lowest BCUT2D eigenvalue weighted by atomic mass is 10.1. The molecule has 3 aliphatic rings. The Labute approximate surface area is 222 Å². The minimum Gasteiger partial charge on any atom is -0.488 e. The molecule has 212 valence electrons. The van der Waals surface area contributed by atoms with Crippen molar-refractivity contribution in [3.8, 4) is 5.75 Å². The summed E-state index contributed by atoms with van der Waals surface area (Å²) in [6.45, 7) is 6.46. The molecule has 5 heterocycles. The lowest BCUT2D eigenvalue weighted by Crippen LogP contribution is -2.48. The number of carbonyl (C=O) groups is 1. The van der Waals surface area contributed by atoms with Gasteiger partial charge in [0.25, 0.3) is 0 Å². The average Bonchev–Trinajstić information content (AvgIpc) is 3.45. The average molecular weight is 554 g/mol. The molecule has 2 aromatic heterocycles. The van der Waals surface area contributed by atoms with Gasteiger partial charge in [0, 0.05) is 13.1 Å². The van der Waals surface area contributed by atoms with Gasteiger partial charge < -0.3 is 24.2 Å². The number of nitrogens with one attached hydrogen (secondary N) is 2. The molecular formula is C24H30F3N7O5. The third-order valence-corrected chi connectivity index (χ3v) is 6.72. The molecule has 5 rings (SSSR count). The number of hydrogen-bond acceptors (Lipinski definition) is 10. The summed E-state index contributed by atoms with van der Waals surface area (Å²) in [7, 11) is 0. The first kappa shape index (κ1) is 27.3. The third kappa shape index (κ3) is 6.00. The highest BCUT2D eigenvalue weighted by molar-refractivity contribution is 6.03. The number of nitrogens with zero attached hydrogens (tertiary/aromatic N) is 5. The molecule has 2 unspecified atom stereocenters. The van der Waals surface area contributed by atoms with Gasteiger partial charge in [-0.05, 0) is 39.3 Å². The first-order chi connectivity index (χ1) is 18.4. The number of aromatic nitrogens is 3. The molecule has 2 bridgehead atoms. The summed E-state index contributed by atoms with van der Waals surface area (Å²) in [5, 5.41) is 15.1. The Morgan fingerprint density at radius 2 is 2.05 bits per heavy atom. The van der Waals surface area contributed by atoms with Crippen molar-refractivity contribution in [2.24, 2.45) is 0 Å². The summed E-state index contributed by atoms with van der Waals surface area (Å²) in [4.78, 5) is 29.5. The van der Waals surface area contributed by atoms with E-state index in [9.17, 15) is 23.1 Å². The largest absolute Gasteiger partial charge is 0.488 e. The van der Waals surface area contributed by atoms with Crippen molar-refractivity contribution in [2.75, 3.05) is 41.4 Å². The molecule has 39 heavy (non-hydrogen) atoms. The Morgan fingerprint density at radius 1 is 1.31 bits per heavy atom. The third-order valence-electron chi connectivity index (χ3n) is 6.72. The molecule has 15 heteroatoms. The fourth-order valence-electron chi connectivity index (χ4n) is 4.70. The van der Waals surface area contributed by atoms with Crippen molar-refractivity contribution in [1.29, 1.82) is 0 Å². The number of urea groups is 1. The van der Waals surface area contributed by atoms with Gasteiger partial charge in [0.1, 0.15) is 25.0 Å². The van der Waals surface area contributed by atoms with Crippen LogP contribution in [0.25, 0.3) is 0 Å². The Hall–Kier alpha value is -3.27. The van der Waals surface area contributed by atoms with E-state index in [4.69, 9.17) is 14.2 Å². The molecule has 2 saturated heterocycles. The Balaban J connectivity index is 1.27. The molecular weight excluding hydrogens is 523 g/mol. The van der Waals surface area contributed by atoms with Gasteiger partial charge in [-0.1, -0.05) is 0 Å². The van der Waals surface area contributed by atoms with Crippen LogP contribution >= 0.6 is 0 Å². The maximum Gasteiger partial charge on any atom is 0.403 e. The SMILES string of the molecule is C[C@@H](NC(O)c1ccc2c(n1)N(C(=O)Nc1ncc(OC[C@@H]3COC(C)(C)O3)cn1)C1CCN2C1)C(F)(F)F. The fourth-order valence-corrected chi connectivity index (χ4v) is 4.70. The number of fused-ring (bicyclic) bond motifs is 4. The number of halogens is 3. The van der Waals surface area contributed by atoms with Crippen molar-refractivity contribution in [3.05, 3.63) is 30.2 Å². The number of aliphatic hydroxyl groups excluding tert-OH is 1. The number of anilines is 3. The molecule has 0 radical (unpaired) electrons. The van der Waals surface area contributed by atoms with Crippen molar-refractivity contribution < 1.29 is 37.3 Å². The highest BCUT2D eigenvalue weighted by atomic mass is 19.4. The lowest BCUT2D eigenvalue weighted by molar-refractivity contribution is -0.159. The van der Waals surface area contributed by atoms with E-state index >= 15 is 0 Å². The van der Waals surface area contributed by atoms with Gasteiger partial charge in [-0.25, -0.2) is 19.7 Å². The maximum absolute atomic E-state index is 13.3.